The van der Waals surface area contributed by atoms with Gasteiger partial charge in [-0.15, -0.1) is 11.3 Å². The molecule has 0 saturated carbocycles. The molecule has 0 aliphatic heterocycles. The van der Waals surface area contributed by atoms with Crippen molar-refractivity contribution in [2.45, 2.75) is 0 Å². The van der Waals surface area contributed by atoms with E-state index in [1.165, 1.54) is 30.9 Å². The van der Waals surface area contributed by atoms with Gasteiger partial charge < -0.3 is 0 Å². The van der Waals surface area contributed by atoms with Crippen LogP contribution in [0.1, 0.15) is 0 Å². The molecule has 0 aliphatic carbocycles. The second-order valence-corrected chi connectivity index (χ2v) is 11.7. The Morgan fingerprint density at radius 3 is 1.68 bits per heavy atom. The first-order valence-corrected chi connectivity index (χ1v) is 15.2. The highest BCUT2D eigenvalue weighted by Crippen LogP contribution is 2.40. The average molecular weight is 583 g/mol. The van der Waals surface area contributed by atoms with Crippen molar-refractivity contribution in [2.75, 3.05) is 0 Å². The van der Waals surface area contributed by atoms with Crippen molar-refractivity contribution in [3.8, 4) is 40.1 Å². The van der Waals surface area contributed by atoms with E-state index in [2.05, 4.69) is 65.2 Å². The fourth-order valence-corrected chi connectivity index (χ4v) is 7.01. The Balaban J connectivity index is 1.21. The van der Waals surface area contributed by atoms with E-state index in [1.807, 2.05) is 72.0 Å². The van der Waals surface area contributed by atoms with Crippen molar-refractivity contribution >= 4 is 53.3 Å². The Morgan fingerprint density at radius 2 is 1.00 bits per heavy atom. The van der Waals surface area contributed by atoms with Gasteiger partial charge in [0.1, 0.15) is 0 Å². The molecular formula is C37H22N6S. The Morgan fingerprint density at radius 1 is 0.432 bits per heavy atom. The molecule has 0 unspecified atom stereocenters. The van der Waals surface area contributed by atoms with Crippen LogP contribution in [-0.4, -0.2) is 29.5 Å². The van der Waals surface area contributed by atoms with E-state index in [0.717, 1.165) is 27.7 Å². The van der Waals surface area contributed by atoms with Gasteiger partial charge in [-0.3, -0.25) is 4.57 Å². The molecule has 0 atom stereocenters. The van der Waals surface area contributed by atoms with Crippen molar-refractivity contribution in [2.24, 2.45) is 0 Å². The SMILES string of the molecule is c1ccc(-c2nc(-c3ccccc3)nc(-c3cnc(-n4c5ccccc5c5cc6c(cc54)sc4ccccc46)nc3)n2)cc1. The Kier molecular flexibility index (Phi) is 5.57. The molecule has 6 nitrogen and oxygen atoms in total. The molecule has 0 aliphatic rings. The number of hydrogen-bond acceptors (Lipinski definition) is 6. The molecule has 44 heavy (non-hydrogen) atoms. The van der Waals surface area contributed by atoms with Crippen LogP contribution in [0, 0.1) is 0 Å². The summed E-state index contributed by atoms with van der Waals surface area (Å²) in [6, 6.07) is 41.5. The monoisotopic (exact) mass is 582 g/mol. The molecule has 7 heteroatoms. The summed E-state index contributed by atoms with van der Waals surface area (Å²) >= 11 is 1.81. The van der Waals surface area contributed by atoms with Gasteiger partial charge in [0.05, 0.1) is 16.6 Å². The van der Waals surface area contributed by atoms with E-state index in [4.69, 9.17) is 24.9 Å². The summed E-state index contributed by atoms with van der Waals surface area (Å²) in [6.45, 7) is 0. The molecule has 9 aromatic rings. The highest BCUT2D eigenvalue weighted by atomic mass is 32.1. The highest BCUT2D eigenvalue weighted by molar-refractivity contribution is 7.25. The van der Waals surface area contributed by atoms with Crippen molar-refractivity contribution in [1.29, 1.82) is 0 Å². The van der Waals surface area contributed by atoms with Gasteiger partial charge in [-0.2, -0.15) is 0 Å². The summed E-state index contributed by atoms with van der Waals surface area (Å²) < 4.78 is 4.68. The summed E-state index contributed by atoms with van der Waals surface area (Å²) in [4.78, 5) is 24.2. The van der Waals surface area contributed by atoms with Crippen molar-refractivity contribution in [1.82, 2.24) is 29.5 Å². The minimum absolute atomic E-state index is 0.526. The predicted molar refractivity (Wildman–Crippen MR) is 179 cm³/mol. The third-order valence-electron chi connectivity index (χ3n) is 7.97. The number of hydrogen-bond donors (Lipinski definition) is 0. The lowest BCUT2D eigenvalue weighted by atomic mass is 10.1. The lowest BCUT2D eigenvalue weighted by Crippen LogP contribution is -2.03. The van der Waals surface area contributed by atoms with Crippen molar-refractivity contribution in [3.05, 3.63) is 134 Å². The molecule has 0 radical (unpaired) electrons. The van der Waals surface area contributed by atoms with Crippen LogP contribution in [0.4, 0.5) is 0 Å². The van der Waals surface area contributed by atoms with Crippen LogP contribution in [0.2, 0.25) is 0 Å². The van der Waals surface area contributed by atoms with E-state index in [0.29, 0.717) is 23.4 Å². The van der Waals surface area contributed by atoms with Gasteiger partial charge in [0, 0.05) is 54.5 Å². The molecular weight excluding hydrogens is 561 g/mol. The third-order valence-corrected chi connectivity index (χ3v) is 9.10. The zero-order valence-electron chi connectivity index (χ0n) is 23.3. The number of thiophene rings is 1. The molecule has 0 N–H and O–H groups in total. The van der Waals surface area contributed by atoms with Crippen LogP contribution in [0.25, 0.3) is 82.1 Å². The lowest BCUT2D eigenvalue weighted by Gasteiger charge is -2.09. The number of para-hydroxylation sites is 1. The fourth-order valence-electron chi connectivity index (χ4n) is 5.89. The number of aromatic nitrogens is 6. The quantitative estimate of drug-likeness (QED) is 0.207. The zero-order chi connectivity index (χ0) is 29.0. The van der Waals surface area contributed by atoms with Crippen LogP contribution in [-0.2, 0) is 0 Å². The zero-order valence-corrected chi connectivity index (χ0v) is 24.1. The molecule has 5 aromatic carbocycles. The van der Waals surface area contributed by atoms with Crippen LogP contribution in [0.15, 0.2) is 134 Å². The molecule has 4 heterocycles. The normalized spacial score (nSPS) is 11.6. The van der Waals surface area contributed by atoms with Crippen LogP contribution < -0.4 is 0 Å². The third kappa shape index (κ3) is 3.98. The summed E-state index contributed by atoms with van der Waals surface area (Å²) in [6.07, 6.45) is 3.61. The summed E-state index contributed by atoms with van der Waals surface area (Å²) in [7, 11) is 0. The van der Waals surface area contributed by atoms with Gasteiger partial charge in [0.25, 0.3) is 0 Å². The maximum atomic E-state index is 4.88. The van der Waals surface area contributed by atoms with Crippen molar-refractivity contribution < 1.29 is 0 Å². The predicted octanol–water partition coefficient (Wildman–Crippen LogP) is 9.13. The Hall–Kier alpha value is -5.79. The minimum Gasteiger partial charge on any atom is -0.278 e. The standard InChI is InChI=1S/C37H22N6S/c1-3-11-23(12-4-1)34-40-35(24-13-5-2-6-14-24)42-36(41-34)25-21-38-37(39-22-25)43-30-17-9-7-15-26(30)28-19-29-27-16-8-10-18-32(27)44-33(29)20-31(28)43/h1-22H. The largest absolute Gasteiger partial charge is 0.278 e. The van der Waals surface area contributed by atoms with E-state index >= 15 is 0 Å². The van der Waals surface area contributed by atoms with Gasteiger partial charge in [0.2, 0.25) is 5.95 Å². The average Bonchev–Trinajstić information content (AvgIpc) is 3.62. The maximum Gasteiger partial charge on any atom is 0.234 e. The van der Waals surface area contributed by atoms with E-state index in [9.17, 15) is 0 Å². The number of benzene rings is 5. The lowest BCUT2D eigenvalue weighted by molar-refractivity contribution is 0.982. The first kappa shape index (κ1) is 24.8. The van der Waals surface area contributed by atoms with Crippen LogP contribution >= 0.6 is 11.3 Å². The second kappa shape index (κ2) is 9.90. The molecule has 206 valence electrons. The summed E-state index contributed by atoms with van der Waals surface area (Å²) in [5.41, 5.74) is 4.71. The van der Waals surface area contributed by atoms with E-state index in [-0.39, 0.29) is 0 Å². The molecule has 0 bridgehead atoms. The smallest absolute Gasteiger partial charge is 0.234 e. The number of nitrogens with zero attached hydrogens (tertiary/aromatic N) is 6. The fraction of sp³-hybridized carbons (Fsp3) is 0. The van der Waals surface area contributed by atoms with Crippen LogP contribution in [0.5, 0.6) is 0 Å². The van der Waals surface area contributed by atoms with Gasteiger partial charge in [-0.1, -0.05) is 97.1 Å². The topological polar surface area (TPSA) is 69.4 Å². The molecule has 9 rings (SSSR count). The van der Waals surface area contributed by atoms with Gasteiger partial charge in [-0.25, -0.2) is 24.9 Å². The maximum absolute atomic E-state index is 4.88. The number of rotatable bonds is 4. The Bertz CT molecular complexity index is 2430. The molecule has 0 saturated heterocycles. The van der Waals surface area contributed by atoms with Gasteiger partial charge >= 0.3 is 0 Å². The minimum atomic E-state index is 0.526. The molecule has 0 spiro atoms. The van der Waals surface area contributed by atoms with E-state index < -0.39 is 0 Å². The first-order chi connectivity index (χ1) is 21.8. The first-order valence-electron chi connectivity index (χ1n) is 14.3. The number of fused-ring (bicyclic) bond motifs is 6. The van der Waals surface area contributed by atoms with Gasteiger partial charge in [-0.05, 0) is 24.3 Å². The molecule has 0 amide bonds. The van der Waals surface area contributed by atoms with Crippen LogP contribution in [0.3, 0.4) is 0 Å². The highest BCUT2D eigenvalue weighted by Gasteiger charge is 2.18. The van der Waals surface area contributed by atoms with Gasteiger partial charge in [0.15, 0.2) is 17.5 Å². The van der Waals surface area contributed by atoms with Crippen molar-refractivity contribution in [3.63, 3.8) is 0 Å². The Labute approximate surface area is 256 Å². The summed E-state index contributed by atoms with van der Waals surface area (Å²) in [5.74, 6) is 2.33. The summed E-state index contributed by atoms with van der Waals surface area (Å²) in [5, 5.41) is 4.91. The molecule has 0 fully saturated rings. The second-order valence-electron chi connectivity index (χ2n) is 10.6. The molecule has 4 aromatic heterocycles. The van der Waals surface area contributed by atoms with E-state index in [1.54, 1.807) is 12.4 Å².